The predicted molar refractivity (Wildman–Crippen MR) is 120 cm³/mol. The van der Waals surface area contributed by atoms with Crippen LogP contribution in [0.2, 0.25) is 0 Å². The van der Waals surface area contributed by atoms with E-state index in [-0.39, 0.29) is 17.2 Å². The van der Waals surface area contributed by atoms with Crippen molar-refractivity contribution in [1.29, 1.82) is 0 Å². The highest BCUT2D eigenvalue weighted by Crippen LogP contribution is 2.27. The molecule has 0 unspecified atom stereocenters. The number of carbonyl (C=O) groups excluding carboxylic acids is 1. The molecular formula is C24H25N3O4. The molecule has 160 valence electrons. The maximum Gasteiger partial charge on any atom is 0.293 e. The molecule has 0 saturated heterocycles. The van der Waals surface area contributed by atoms with Crippen LogP contribution in [0.15, 0.2) is 78.9 Å². The predicted octanol–water partition coefficient (Wildman–Crippen LogP) is 4.50. The average molecular weight is 419 g/mol. The quantitative estimate of drug-likeness (QED) is 0.297. The van der Waals surface area contributed by atoms with E-state index in [4.69, 9.17) is 4.74 Å². The molecule has 0 aliphatic carbocycles. The normalized spacial score (nSPS) is 10.5. The number of hydrogen-bond acceptors (Lipinski definition) is 5. The number of amides is 1. The van der Waals surface area contributed by atoms with Gasteiger partial charge < -0.3 is 15.0 Å². The summed E-state index contributed by atoms with van der Waals surface area (Å²) in [6, 6.07) is 23.9. The lowest BCUT2D eigenvalue weighted by Gasteiger charge is -2.23. The van der Waals surface area contributed by atoms with Crippen LogP contribution in [0.25, 0.3) is 0 Å². The van der Waals surface area contributed by atoms with Crippen LogP contribution in [0.1, 0.15) is 21.5 Å². The van der Waals surface area contributed by atoms with Gasteiger partial charge in [-0.3, -0.25) is 14.9 Å². The van der Waals surface area contributed by atoms with E-state index in [1.165, 1.54) is 6.07 Å². The van der Waals surface area contributed by atoms with Crippen molar-refractivity contribution >= 4 is 17.3 Å². The number of methoxy groups -OCH3 is 1. The van der Waals surface area contributed by atoms with Gasteiger partial charge in [0, 0.05) is 38.4 Å². The number of nitrogens with one attached hydrogen (secondary N) is 1. The van der Waals surface area contributed by atoms with E-state index < -0.39 is 4.92 Å². The molecule has 7 heteroatoms. The molecule has 0 bridgehead atoms. The summed E-state index contributed by atoms with van der Waals surface area (Å²) in [7, 11) is 1.56. The van der Waals surface area contributed by atoms with Crippen molar-refractivity contribution in [2.45, 2.75) is 13.1 Å². The summed E-state index contributed by atoms with van der Waals surface area (Å²) in [6.07, 6.45) is 0. The van der Waals surface area contributed by atoms with Gasteiger partial charge in [-0.25, -0.2) is 0 Å². The van der Waals surface area contributed by atoms with Crippen LogP contribution in [-0.2, 0) is 17.8 Å². The first-order valence-electron chi connectivity index (χ1n) is 9.97. The number of hydrogen-bond donors (Lipinski definition) is 1. The highest BCUT2D eigenvalue weighted by atomic mass is 16.6. The Bertz CT molecular complexity index is 968. The lowest BCUT2D eigenvalue weighted by Crippen LogP contribution is -2.30. The van der Waals surface area contributed by atoms with Crippen LogP contribution in [0.3, 0.4) is 0 Å². The molecule has 0 aromatic heterocycles. The van der Waals surface area contributed by atoms with Crippen LogP contribution in [-0.4, -0.2) is 36.0 Å². The van der Waals surface area contributed by atoms with Gasteiger partial charge in [0.2, 0.25) is 0 Å². The monoisotopic (exact) mass is 419 g/mol. The Morgan fingerprint density at radius 3 is 2.06 bits per heavy atom. The zero-order valence-electron chi connectivity index (χ0n) is 17.4. The summed E-state index contributed by atoms with van der Waals surface area (Å²) in [4.78, 5) is 26.2. The van der Waals surface area contributed by atoms with Gasteiger partial charge in [-0.2, -0.15) is 0 Å². The molecule has 7 nitrogen and oxygen atoms in total. The number of nitro benzene ring substituents is 1. The molecule has 31 heavy (non-hydrogen) atoms. The van der Waals surface area contributed by atoms with E-state index in [1.807, 2.05) is 60.7 Å². The Morgan fingerprint density at radius 2 is 1.55 bits per heavy atom. The summed E-state index contributed by atoms with van der Waals surface area (Å²) in [5.41, 5.74) is 2.46. The smallest absolute Gasteiger partial charge is 0.293 e. The summed E-state index contributed by atoms with van der Waals surface area (Å²) in [5.74, 6) is -0.265. The first kappa shape index (κ1) is 22.0. The highest BCUT2D eigenvalue weighted by molar-refractivity contribution is 5.95. The van der Waals surface area contributed by atoms with E-state index in [0.29, 0.717) is 31.9 Å². The molecule has 3 rings (SSSR count). The van der Waals surface area contributed by atoms with Crippen molar-refractivity contribution in [2.75, 3.05) is 25.6 Å². The van der Waals surface area contributed by atoms with Crippen LogP contribution < -0.4 is 5.32 Å². The lowest BCUT2D eigenvalue weighted by molar-refractivity contribution is -0.384. The molecule has 0 fully saturated rings. The molecule has 0 heterocycles. The first-order valence-corrected chi connectivity index (χ1v) is 9.97. The summed E-state index contributed by atoms with van der Waals surface area (Å²) in [5, 5.41) is 14.6. The largest absolute Gasteiger partial charge is 0.383 e. The van der Waals surface area contributed by atoms with E-state index in [9.17, 15) is 14.9 Å². The van der Waals surface area contributed by atoms with E-state index >= 15 is 0 Å². The second kappa shape index (κ2) is 10.9. The Balaban J connectivity index is 1.88. The average Bonchev–Trinajstić information content (AvgIpc) is 2.80. The minimum Gasteiger partial charge on any atom is -0.383 e. The fraction of sp³-hybridized carbons (Fsp3) is 0.208. The Kier molecular flexibility index (Phi) is 7.73. The van der Waals surface area contributed by atoms with Crippen molar-refractivity contribution in [1.82, 2.24) is 4.90 Å². The number of carbonyl (C=O) groups is 1. The third-order valence-corrected chi connectivity index (χ3v) is 4.78. The van der Waals surface area contributed by atoms with Gasteiger partial charge in [-0.05, 0) is 23.3 Å². The van der Waals surface area contributed by atoms with Crippen LogP contribution >= 0.6 is 0 Å². The third-order valence-electron chi connectivity index (χ3n) is 4.78. The summed E-state index contributed by atoms with van der Waals surface area (Å²) in [6.45, 7) is 1.64. The second-order valence-corrected chi connectivity index (χ2v) is 7.04. The maximum atomic E-state index is 13.4. The van der Waals surface area contributed by atoms with Gasteiger partial charge in [0.05, 0.1) is 11.5 Å². The fourth-order valence-corrected chi connectivity index (χ4v) is 3.24. The number of benzene rings is 3. The number of rotatable bonds is 10. The topological polar surface area (TPSA) is 84.7 Å². The summed E-state index contributed by atoms with van der Waals surface area (Å²) < 4.78 is 4.98. The van der Waals surface area contributed by atoms with E-state index in [1.54, 1.807) is 24.1 Å². The minimum atomic E-state index is -0.482. The Hall–Kier alpha value is -3.71. The van der Waals surface area contributed by atoms with Crippen molar-refractivity contribution < 1.29 is 14.5 Å². The van der Waals surface area contributed by atoms with Gasteiger partial charge >= 0.3 is 0 Å². The molecule has 0 aliphatic rings. The van der Waals surface area contributed by atoms with Crippen LogP contribution in [0, 0.1) is 10.1 Å². The van der Waals surface area contributed by atoms with Crippen molar-refractivity contribution in [2.24, 2.45) is 0 Å². The number of anilines is 1. The van der Waals surface area contributed by atoms with Gasteiger partial charge in [0.15, 0.2) is 0 Å². The molecule has 0 atom stereocenters. The molecule has 0 radical (unpaired) electrons. The SMILES string of the molecule is COCCNc1ccc(C(=O)N(Cc2ccccc2)Cc2ccccc2)cc1[N+](=O)[O-]. The van der Waals surface area contributed by atoms with Crippen molar-refractivity contribution in [3.8, 4) is 0 Å². The number of ether oxygens (including phenoxy) is 1. The van der Waals surface area contributed by atoms with Crippen LogP contribution in [0.4, 0.5) is 11.4 Å². The first-order chi connectivity index (χ1) is 15.1. The Morgan fingerprint density at radius 1 is 0.968 bits per heavy atom. The zero-order valence-corrected chi connectivity index (χ0v) is 17.4. The van der Waals surface area contributed by atoms with E-state index in [0.717, 1.165) is 11.1 Å². The van der Waals surface area contributed by atoms with Crippen LogP contribution in [0.5, 0.6) is 0 Å². The molecular weight excluding hydrogens is 394 g/mol. The van der Waals surface area contributed by atoms with Crippen molar-refractivity contribution in [3.05, 3.63) is 106 Å². The molecule has 1 N–H and O–H groups in total. The van der Waals surface area contributed by atoms with Gasteiger partial charge in [0.1, 0.15) is 5.69 Å². The molecule has 0 spiro atoms. The van der Waals surface area contributed by atoms with Crippen molar-refractivity contribution in [3.63, 3.8) is 0 Å². The zero-order chi connectivity index (χ0) is 22.1. The third kappa shape index (κ3) is 6.13. The minimum absolute atomic E-state index is 0.138. The fourth-order valence-electron chi connectivity index (χ4n) is 3.24. The standard InChI is InChI=1S/C24H25N3O4/c1-31-15-14-25-22-13-12-21(16-23(22)27(29)30)24(28)26(17-19-8-4-2-5-9-19)18-20-10-6-3-7-11-20/h2-13,16,25H,14-15,17-18H2,1H3. The van der Waals surface area contributed by atoms with Gasteiger partial charge in [0.25, 0.3) is 11.6 Å². The lowest BCUT2D eigenvalue weighted by atomic mass is 10.1. The molecule has 3 aromatic rings. The second-order valence-electron chi connectivity index (χ2n) is 7.04. The number of nitrogens with zero attached hydrogens (tertiary/aromatic N) is 2. The molecule has 3 aromatic carbocycles. The summed E-state index contributed by atoms with van der Waals surface area (Å²) >= 11 is 0. The molecule has 0 aliphatic heterocycles. The van der Waals surface area contributed by atoms with Gasteiger partial charge in [-0.1, -0.05) is 60.7 Å². The molecule has 1 amide bonds. The Labute approximate surface area is 181 Å². The van der Waals surface area contributed by atoms with Gasteiger partial charge in [-0.15, -0.1) is 0 Å². The molecule has 0 saturated carbocycles. The highest BCUT2D eigenvalue weighted by Gasteiger charge is 2.22. The van der Waals surface area contributed by atoms with E-state index in [2.05, 4.69) is 5.32 Å². The number of nitro groups is 1. The maximum absolute atomic E-state index is 13.4.